The number of hydrogen-bond acceptors (Lipinski definition) is 5. The fourth-order valence-electron chi connectivity index (χ4n) is 3.38. The smallest absolute Gasteiger partial charge is 0.160 e. The van der Waals surface area contributed by atoms with Crippen molar-refractivity contribution in [1.29, 1.82) is 0 Å². The predicted molar refractivity (Wildman–Crippen MR) is 90.0 cm³/mol. The molecule has 1 unspecified atom stereocenters. The molecule has 2 aromatic heterocycles. The van der Waals surface area contributed by atoms with Crippen LogP contribution < -0.4 is 5.32 Å². The lowest BCUT2D eigenvalue weighted by atomic mass is 9.94. The summed E-state index contributed by atoms with van der Waals surface area (Å²) in [5, 5.41) is 16.2. The maximum Gasteiger partial charge on any atom is 0.160 e. The first-order valence-electron chi connectivity index (χ1n) is 7.72. The SMILES string of the molecule is CC(C)C1Nc2ccccc2-c2c(CN=O)nnc3[nH]cc1c23. The Morgan fingerprint density at radius 1 is 1.26 bits per heavy atom. The Kier molecular flexibility index (Phi) is 3.11. The molecule has 0 radical (unpaired) electrons. The lowest BCUT2D eigenvalue weighted by molar-refractivity contribution is 0.550. The van der Waals surface area contributed by atoms with Crippen molar-refractivity contribution >= 4 is 16.7 Å². The van der Waals surface area contributed by atoms with E-state index in [4.69, 9.17) is 0 Å². The summed E-state index contributed by atoms with van der Waals surface area (Å²) < 4.78 is 0. The van der Waals surface area contributed by atoms with E-state index < -0.39 is 0 Å². The summed E-state index contributed by atoms with van der Waals surface area (Å²) in [7, 11) is 0. The van der Waals surface area contributed by atoms with Crippen molar-refractivity contribution in [2.75, 3.05) is 5.32 Å². The number of aromatic nitrogens is 3. The third-order valence-electron chi connectivity index (χ3n) is 4.42. The largest absolute Gasteiger partial charge is 0.377 e. The van der Waals surface area contributed by atoms with E-state index >= 15 is 0 Å². The predicted octanol–water partition coefficient (Wildman–Crippen LogP) is 4.01. The highest BCUT2D eigenvalue weighted by Gasteiger charge is 2.28. The number of nitrogens with zero attached hydrogens (tertiary/aromatic N) is 3. The Bertz CT molecular complexity index is 899. The number of para-hydroxylation sites is 1. The van der Waals surface area contributed by atoms with E-state index in [9.17, 15) is 4.91 Å². The molecule has 116 valence electrons. The number of hydrogen-bond donors (Lipinski definition) is 2. The molecular formula is C17H17N5O. The van der Waals surface area contributed by atoms with Crippen molar-refractivity contribution in [3.05, 3.63) is 46.6 Å². The van der Waals surface area contributed by atoms with E-state index in [2.05, 4.69) is 45.6 Å². The molecule has 6 nitrogen and oxygen atoms in total. The van der Waals surface area contributed by atoms with Crippen LogP contribution in [0.4, 0.5) is 5.69 Å². The Morgan fingerprint density at radius 2 is 2.09 bits per heavy atom. The zero-order valence-corrected chi connectivity index (χ0v) is 13.0. The quantitative estimate of drug-likeness (QED) is 0.716. The van der Waals surface area contributed by atoms with Crippen molar-refractivity contribution in [3.8, 4) is 11.1 Å². The fourth-order valence-corrected chi connectivity index (χ4v) is 3.38. The summed E-state index contributed by atoms with van der Waals surface area (Å²) >= 11 is 0. The minimum atomic E-state index is 0.0174. The van der Waals surface area contributed by atoms with E-state index in [1.165, 1.54) is 0 Å². The Balaban J connectivity index is 2.13. The van der Waals surface area contributed by atoms with Crippen LogP contribution in [0.1, 0.15) is 31.1 Å². The molecule has 23 heavy (non-hydrogen) atoms. The molecule has 1 atom stereocenters. The number of fused-ring (bicyclic) bond motifs is 2. The number of nitrogens with one attached hydrogen (secondary N) is 2. The Morgan fingerprint density at radius 3 is 2.87 bits per heavy atom. The van der Waals surface area contributed by atoms with Gasteiger partial charge in [0.25, 0.3) is 0 Å². The number of benzene rings is 1. The van der Waals surface area contributed by atoms with Crippen LogP contribution in [0.15, 0.2) is 35.6 Å². The van der Waals surface area contributed by atoms with Crippen molar-refractivity contribution in [2.24, 2.45) is 11.1 Å². The molecule has 0 saturated carbocycles. The van der Waals surface area contributed by atoms with Gasteiger partial charge in [-0.25, -0.2) is 0 Å². The summed E-state index contributed by atoms with van der Waals surface area (Å²) in [5.41, 5.74) is 5.56. The van der Waals surface area contributed by atoms with Crippen LogP contribution in [0, 0.1) is 10.8 Å². The van der Waals surface area contributed by atoms with E-state index in [1.54, 1.807) is 0 Å². The number of H-pyrrole nitrogens is 1. The van der Waals surface area contributed by atoms with Crippen molar-refractivity contribution in [3.63, 3.8) is 0 Å². The maximum atomic E-state index is 10.8. The molecule has 3 aromatic rings. The minimum Gasteiger partial charge on any atom is -0.377 e. The maximum absolute atomic E-state index is 10.8. The summed E-state index contributed by atoms with van der Waals surface area (Å²) in [4.78, 5) is 14.1. The zero-order valence-electron chi connectivity index (χ0n) is 13.0. The summed E-state index contributed by atoms with van der Waals surface area (Å²) in [6.45, 7) is 4.39. The molecule has 0 aliphatic carbocycles. The summed E-state index contributed by atoms with van der Waals surface area (Å²) in [5.74, 6) is 0.397. The van der Waals surface area contributed by atoms with Crippen molar-refractivity contribution in [2.45, 2.75) is 26.4 Å². The van der Waals surface area contributed by atoms with Gasteiger partial charge in [0, 0.05) is 34.0 Å². The average molecular weight is 307 g/mol. The molecule has 0 bridgehead atoms. The third-order valence-corrected chi connectivity index (χ3v) is 4.42. The van der Waals surface area contributed by atoms with Gasteiger partial charge in [-0.2, -0.15) is 10.0 Å². The standard InChI is InChI=1S/C17H17N5O/c1-9(2)16-11-7-18-17-15(11)14(13(8-19-23)21-22-17)10-5-3-4-6-12(10)20-16/h3-7,9,16,20H,8H2,1-2H3,(H,18,22). The molecule has 3 heterocycles. The van der Waals surface area contributed by atoms with Crippen LogP contribution >= 0.6 is 0 Å². The number of anilines is 1. The van der Waals surface area contributed by atoms with E-state index in [1.807, 2.05) is 24.4 Å². The van der Waals surface area contributed by atoms with Crippen LogP contribution in [0.2, 0.25) is 0 Å². The van der Waals surface area contributed by atoms with Crippen molar-refractivity contribution < 1.29 is 0 Å². The third kappa shape index (κ3) is 2.02. The molecule has 1 aromatic carbocycles. The Hall–Kier alpha value is -2.76. The second-order valence-corrected chi connectivity index (χ2v) is 6.19. The number of nitroso groups, excluding NO2 is 1. The van der Waals surface area contributed by atoms with E-state index in [-0.39, 0.29) is 12.6 Å². The van der Waals surface area contributed by atoms with Crippen LogP contribution in [-0.2, 0) is 6.54 Å². The van der Waals surface area contributed by atoms with Gasteiger partial charge in [-0.15, -0.1) is 5.10 Å². The molecule has 4 rings (SSSR count). The second kappa shape index (κ2) is 5.15. The normalized spacial score (nSPS) is 16.0. The Labute approximate surface area is 133 Å². The summed E-state index contributed by atoms with van der Waals surface area (Å²) in [6, 6.07) is 8.27. The van der Waals surface area contributed by atoms with Crippen LogP contribution in [-0.4, -0.2) is 15.2 Å². The average Bonchev–Trinajstić information content (AvgIpc) is 2.90. The molecule has 1 aliphatic heterocycles. The van der Waals surface area contributed by atoms with Gasteiger partial charge in [-0.05, 0) is 12.0 Å². The first-order valence-corrected chi connectivity index (χ1v) is 7.72. The van der Waals surface area contributed by atoms with Gasteiger partial charge in [-0.3, -0.25) is 0 Å². The van der Waals surface area contributed by atoms with Gasteiger partial charge in [0.1, 0.15) is 6.54 Å². The van der Waals surface area contributed by atoms with Crippen LogP contribution in [0.5, 0.6) is 0 Å². The molecule has 0 fully saturated rings. The number of aromatic amines is 1. The van der Waals surface area contributed by atoms with E-state index in [0.717, 1.165) is 33.4 Å². The van der Waals surface area contributed by atoms with Gasteiger partial charge in [0.05, 0.1) is 11.7 Å². The molecule has 6 heteroatoms. The lowest BCUT2D eigenvalue weighted by Crippen LogP contribution is -2.15. The molecular weight excluding hydrogens is 290 g/mol. The van der Waals surface area contributed by atoms with Gasteiger partial charge >= 0.3 is 0 Å². The highest BCUT2D eigenvalue weighted by Crippen LogP contribution is 2.44. The van der Waals surface area contributed by atoms with Crippen molar-refractivity contribution in [1.82, 2.24) is 15.2 Å². The second-order valence-electron chi connectivity index (χ2n) is 6.19. The van der Waals surface area contributed by atoms with Gasteiger partial charge < -0.3 is 10.3 Å². The highest BCUT2D eigenvalue weighted by atomic mass is 16.3. The molecule has 1 aliphatic rings. The fraction of sp³-hybridized carbons (Fsp3) is 0.294. The molecule has 2 N–H and O–H groups in total. The summed E-state index contributed by atoms with van der Waals surface area (Å²) in [6.07, 6.45) is 1.99. The monoisotopic (exact) mass is 307 g/mol. The highest BCUT2D eigenvalue weighted by molar-refractivity contribution is 6.01. The van der Waals surface area contributed by atoms with Crippen LogP contribution in [0.3, 0.4) is 0 Å². The van der Waals surface area contributed by atoms with E-state index in [0.29, 0.717) is 11.6 Å². The first kappa shape index (κ1) is 13.9. The van der Waals surface area contributed by atoms with Gasteiger partial charge in [-0.1, -0.05) is 37.2 Å². The molecule has 0 amide bonds. The zero-order chi connectivity index (χ0) is 16.0. The lowest BCUT2D eigenvalue weighted by Gasteiger charge is -2.22. The minimum absolute atomic E-state index is 0.0174. The first-order chi connectivity index (χ1) is 11.2. The molecule has 0 saturated heterocycles. The molecule has 0 spiro atoms. The number of rotatable bonds is 3. The van der Waals surface area contributed by atoms with Gasteiger partial charge in [0.15, 0.2) is 5.65 Å². The van der Waals surface area contributed by atoms with Gasteiger partial charge in [0.2, 0.25) is 0 Å². The van der Waals surface area contributed by atoms with Crippen LogP contribution in [0.25, 0.3) is 22.2 Å². The topological polar surface area (TPSA) is 83.0 Å².